The van der Waals surface area contributed by atoms with Gasteiger partial charge in [0.05, 0.1) is 10.6 Å². The maximum Gasteiger partial charge on any atom is 0.251 e. The molecule has 2 aromatic rings. The number of sulfone groups is 1. The van der Waals surface area contributed by atoms with E-state index in [0.29, 0.717) is 37.4 Å². The van der Waals surface area contributed by atoms with E-state index in [2.05, 4.69) is 5.32 Å². The van der Waals surface area contributed by atoms with E-state index in [4.69, 9.17) is 5.73 Å². The molecule has 3 aliphatic heterocycles. The van der Waals surface area contributed by atoms with Crippen LogP contribution in [-0.4, -0.2) is 55.6 Å². The number of nitrogens with zero attached hydrogens (tertiary/aromatic N) is 1. The summed E-state index contributed by atoms with van der Waals surface area (Å²) >= 11 is 0. The summed E-state index contributed by atoms with van der Waals surface area (Å²) in [5, 5.41) is 2.71. The first-order chi connectivity index (χ1) is 18.0. The van der Waals surface area contributed by atoms with E-state index in [9.17, 15) is 31.2 Å². The molecular formula is C27H30F3N3O4S. The van der Waals surface area contributed by atoms with Crippen LogP contribution in [0.3, 0.4) is 0 Å². The topological polar surface area (TPSA) is 110 Å². The van der Waals surface area contributed by atoms with Gasteiger partial charge in [0.2, 0.25) is 5.91 Å². The molecule has 3 heterocycles. The Kier molecular flexibility index (Phi) is 7.25. The summed E-state index contributed by atoms with van der Waals surface area (Å²) in [6, 6.07) is 5.21. The highest BCUT2D eigenvalue weighted by Gasteiger charge is 2.44. The highest BCUT2D eigenvalue weighted by atomic mass is 32.2. The number of rotatable bonds is 7. The number of halogens is 3. The standard InChI is InChI=1S/C27H30F3N3O4S/c28-22-14-24(30)23(29)11-16(22)12-25(31)17-9-18-2-3-19(10-17)33(18)26(34)6-8-38(36,37)20-4-1-15-5-7-32-27(35)21(15)13-20/h1,4,11,13-14,17-19,25H,2-3,5-10,12,31H2,(H,32,35)/t17?,18-,19+,25-/m1/s1. The molecule has 0 spiro atoms. The first kappa shape index (κ1) is 26.7. The first-order valence-electron chi connectivity index (χ1n) is 12.9. The molecule has 204 valence electrons. The van der Waals surface area contributed by atoms with Crippen molar-refractivity contribution in [1.29, 1.82) is 0 Å². The van der Waals surface area contributed by atoms with Gasteiger partial charge >= 0.3 is 0 Å². The van der Waals surface area contributed by atoms with Crippen molar-refractivity contribution in [3.05, 3.63) is 64.5 Å². The molecule has 0 aliphatic carbocycles. The van der Waals surface area contributed by atoms with Gasteiger partial charge in [0.1, 0.15) is 5.82 Å². The number of carbonyl (C=O) groups excluding carboxylic acids is 2. The Bertz CT molecular complexity index is 1370. The maximum atomic E-state index is 14.1. The number of piperidine rings is 1. The third kappa shape index (κ3) is 5.18. The monoisotopic (exact) mass is 549 g/mol. The highest BCUT2D eigenvalue weighted by molar-refractivity contribution is 7.91. The van der Waals surface area contributed by atoms with Crippen LogP contribution >= 0.6 is 0 Å². The number of nitrogens with one attached hydrogen (secondary N) is 1. The summed E-state index contributed by atoms with van der Waals surface area (Å²) in [6.45, 7) is 0.512. The number of nitrogens with two attached hydrogens (primary N) is 1. The van der Waals surface area contributed by atoms with Crippen molar-refractivity contribution in [2.24, 2.45) is 11.7 Å². The van der Waals surface area contributed by atoms with Crippen LogP contribution in [0.4, 0.5) is 13.2 Å². The molecule has 0 saturated carbocycles. The van der Waals surface area contributed by atoms with Gasteiger partial charge in [-0.2, -0.15) is 0 Å². The second-order valence-electron chi connectivity index (χ2n) is 10.5. The van der Waals surface area contributed by atoms with Crippen molar-refractivity contribution in [2.75, 3.05) is 12.3 Å². The molecule has 3 N–H and O–H groups in total. The van der Waals surface area contributed by atoms with Crippen LogP contribution in [0.2, 0.25) is 0 Å². The smallest absolute Gasteiger partial charge is 0.251 e. The molecule has 0 radical (unpaired) electrons. The quantitative estimate of drug-likeness (QED) is 0.517. The number of benzene rings is 2. The van der Waals surface area contributed by atoms with Gasteiger partial charge < -0.3 is 16.0 Å². The fourth-order valence-corrected chi connectivity index (χ4v) is 7.42. The van der Waals surface area contributed by atoms with Crippen LogP contribution in [0.1, 0.15) is 53.6 Å². The van der Waals surface area contributed by atoms with Gasteiger partial charge in [0.25, 0.3) is 5.91 Å². The Morgan fingerprint density at radius 1 is 1.05 bits per heavy atom. The molecule has 2 amide bonds. The van der Waals surface area contributed by atoms with Crippen molar-refractivity contribution >= 4 is 21.7 Å². The molecule has 7 nitrogen and oxygen atoms in total. The summed E-state index contributed by atoms with van der Waals surface area (Å²) in [5.74, 6) is -4.14. The van der Waals surface area contributed by atoms with Gasteiger partial charge in [0, 0.05) is 42.7 Å². The van der Waals surface area contributed by atoms with Crippen molar-refractivity contribution in [2.45, 2.75) is 68.0 Å². The summed E-state index contributed by atoms with van der Waals surface area (Å²) in [6.07, 6.45) is 3.23. The Hall–Kier alpha value is -2.92. The number of carbonyl (C=O) groups is 2. The van der Waals surface area contributed by atoms with Crippen molar-refractivity contribution < 1.29 is 31.2 Å². The Morgan fingerprint density at radius 2 is 1.74 bits per heavy atom. The average Bonchev–Trinajstić information content (AvgIpc) is 3.15. The van der Waals surface area contributed by atoms with Crippen LogP contribution in [-0.2, 0) is 27.5 Å². The summed E-state index contributed by atoms with van der Waals surface area (Å²) < 4.78 is 66.9. The minimum Gasteiger partial charge on any atom is -0.352 e. The predicted octanol–water partition coefficient (Wildman–Crippen LogP) is 2.89. The van der Waals surface area contributed by atoms with Gasteiger partial charge in [-0.25, -0.2) is 21.6 Å². The summed E-state index contributed by atoms with van der Waals surface area (Å²) in [4.78, 5) is 27.1. The van der Waals surface area contributed by atoms with E-state index in [-0.39, 0.29) is 58.9 Å². The SMILES string of the molecule is N[C@H](Cc1cc(F)c(F)cc1F)C1C[C@H]2CC[C@@H](C1)N2C(=O)CCS(=O)(=O)c1ccc2c(c1)C(=O)NCC2. The van der Waals surface area contributed by atoms with E-state index in [1.165, 1.54) is 12.1 Å². The molecule has 2 aromatic carbocycles. The van der Waals surface area contributed by atoms with E-state index in [0.717, 1.165) is 24.5 Å². The number of amides is 2. The van der Waals surface area contributed by atoms with Crippen LogP contribution in [0.5, 0.6) is 0 Å². The second-order valence-corrected chi connectivity index (χ2v) is 12.6. The van der Waals surface area contributed by atoms with Gasteiger partial charge in [-0.1, -0.05) is 6.07 Å². The minimum atomic E-state index is -3.78. The highest BCUT2D eigenvalue weighted by Crippen LogP contribution is 2.40. The number of hydrogen-bond donors (Lipinski definition) is 2. The number of fused-ring (bicyclic) bond motifs is 3. The molecule has 38 heavy (non-hydrogen) atoms. The largest absolute Gasteiger partial charge is 0.352 e. The third-order valence-corrected chi connectivity index (χ3v) is 9.87. The average molecular weight is 550 g/mol. The molecule has 1 unspecified atom stereocenters. The summed E-state index contributed by atoms with van der Waals surface area (Å²) in [7, 11) is -3.78. The molecule has 4 atom stereocenters. The lowest BCUT2D eigenvalue weighted by atomic mass is 9.82. The van der Waals surface area contributed by atoms with E-state index >= 15 is 0 Å². The second kappa shape index (κ2) is 10.3. The molecule has 11 heteroatoms. The van der Waals surface area contributed by atoms with Crippen molar-refractivity contribution in [3.63, 3.8) is 0 Å². The van der Waals surface area contributed by atoms with Gasteiger partial charge in [-0.3, -0.25) is 9.59 Å². The number of hydrogen-bond acceptors (Lipinski definition) is 5. The van der Waals surface area contributed by atoms with Crippen LogP contribution in [0.15, 0.2) is 35.2 Å². The van der Waals surface area contributed by atoms with E-state index in [1.807, 2.05) is 0 Å². The third-order valence-electron chi connectivity index (χ3n) is 8.16. The maximum absolute atomic E-state index is 14.1. The van der Waals surface area contributed by atoms with Crippen LogP contribution in [0.25, 0.3) is 0 Å². The fourth-order valence-electron chi connectivity index (χ4n) is 6.17. The Labute approximate surface area is 219 Å². The minimum absolute atomic E-state index is 0.0205. The zero-order valence-electron chi connectivity index (χ0n) is 20.8. The lowest BCUT2D eigenvalue weighted by molar-refractivity contribution is -0.136. The molecular weight excluding hydrogens is 519 g/mol. The Morgan fingerprint density at radius 3 is 2.45 bits per heavy atom. The zero-order valence-corrected chi connectivity index (χ0v) is 21.6. The van der Waals surface area contributed by atoms with Crippen molar-refractivity contribution in [1.82, 2.24) is 10.2 Å². The first-order valence-corrected chi connectivity index (χ1v) is 14.5. The Balaban J connectivity index is 1.20. The molecule has 2 fully saturated rings. The lowest BCUT2D eigenvalue weighted by Crippen LogP contribution is -2.50. The van der Waals surface area contributed by atoms with E-state index in [1.54, 1.807) is 11.0 Å². The summed E-state index contributed by atoms with van der Waals surface area (Å²) in [5.41, 5.74) is 7.53. The van der Waals surface area contributed by atoms with Crippen molar-refractivity contribution in [3.8, 4) is 0 Å². The normalized spacial score (nSPS) is 23.6. The molecule has 2 bridgehead atoms. The lowest BCUT2D eigenvalue weighted by Gasteiger charge is -2.41. The zero-order chi connectivity index (χ0) is 27.2. The van der Waals surface area contributed by atoms with Crippen LogP contribution < -0.4 is 11.1 Å². The predicted molar refractivity (Wildman–Crippen MR) is 134 cm³/mol. The molecule has 5 rings (SSSR count). The van der Waals surface area contributed by atoms with Crippen LogP contribution in [0, 0.1) is 23.4 Å². The fraction of sp³-hybridized carbons (Fsp3) is 0.481. The molecule has 0 aromatic heterocycles. The molecule has 3 aliphatic rings. The van der Waals surface area contributed by atoms with Gasteiger partial charge in [-0.15, -0.1) is 0 Å². The van der Waals surface area contributed by atoms with Gasteiger partial charge in [-0.05, 0) is 73.8 Å². The van der Waals surface area contributed by atoms with Gasteiger partial charge in [0.15, 0.2) is 21.5 Å². The molecule has 2 saturated heterocycles. The van der Waals surface area contributed by atoms with E-state index < -0.39 is 33.3 Å².